The number of para-hydroxylation sites is 1. The first kappa shape index (κ1) is 19.0. The third kappa shape index (κ3) is 3.85. The maximum absolute atomic E-state index is 12.6. The summed E-state index contributed by atoms with van der Waals surface area (Å²) in [5, 5.41) is 4.42. The molecule has 0 aliphatic rings. The Morgan fingerprint density at radius 3 is 2.70 bits per heavy atom. The van der Waals surface area contributed by atoms with Crippen LogP contribution in [0, 0.1) is 6.92 Å². The van der Waals surface area contributed by atoms with Crippen LogP contribution in [0.4, 0.5) is 5.13 Å². The van der Waals surface area contributed by atoms with Crippen molar-refractivity contribution < 1.29 is 18.8 Å². The van der Waals surface area contributed by atoms with Crippen molar-refractivity contribution >= 4 is 38.6 Å². The quantitative estimate of drug-likeness (QED) is 0.596. The molecule has 2 aromatic heterocycles. The molecule has 2 heterocycles. The highest BCUT2D eigenvalue weighted by molar-refractivity contribution is 7.22. The van der Waals surface area contributed by atoms with Crippen LogP contribution in [0.3, 0.4) is 0 Å². The summed E-state index contributed by atoms with van der Waals surface area (Å²) >= 11 is 1.43. The van der Waals surface area contributed by atoms with Gasteiger partial charge in [0.05, 0.1) is 15.9 Å². The van der Waals surface area contributed by atoms with Gasteiger partial charge in [0.1, 0.15) is 5.56 Å². The van der Waals surface area contributed by atoms with Gasteiger partial charge in [-0.05, 0) is 26.0 Å². The Balaban J connectivity index is 1.72. The summed E-state index contributed by atoms with van der Waals surface area (Å²) in [7, 11) is 0. The van der Waals surface area contributed by atoms with Gasteiger partial charge in [-0.2, -0.15) is 0 Å². The van der Waals surface area contributed by atoms with Crippen molar-refractivity contribution in [2.24, 2.45) is 0 Å². The Labute approximate surface area is 160 Å². The summed E-state index contributed by atoms with van der Waals surface area (Å²) in [4.78, 5) is 31.1. The number of esters is 1. The Bertz CT molecular complexity index is 943. The fourth-order valence-corrected chi connectivity index (χ4v) is 3.75. The number of carbonyl (C=O) groups is 2. The van der Waals surface area contributed by atoms with Crippen molar-refractivity contribution in [1.29, 1.82) is 0 Å². The van der Waals surface area contributed by atoms with E-state index in [1.807, 2.05) is 45.0 Å². The van der Waals surface area contributed by atoms with Crippen molar-refractivity contribution in [1.82, 2.24) is 10.1 Å². The van der Waals surface area contributed by atoms with Gasteiger partial charge in [-0.3, -0.25) is 9.69 Å². The normalized spacial score (nSPS) is 11.1. The Morgan fingerprint density at radius 1 is 1.30 bits per heavy atom. The van der Waals surface area contributed by atoms with Crippen LogP contribution in [-0.2, 0) is 9.53 Å². The molecule has 0 saturated heterocycles. The van der Waals surface area contributed by atoms with Crippen LogP contribution >= 0.6 is 11.3 Å². The average Bonchev–Trinajstić information content (AvgIpc) is 3.23. The fraction of sp³-hybridized carbons (Fsp3) is 0.368. The maximum atomic E-state index is 12.6. The highest BCUT2D eigenvalue weighted by Crippen LogP contribution is 2.28. The van der Waals surface area contributed by atoms with Gasteiger partial charge in [-0.1, -0.05) is 42.5 Å². The van der Waals surface area contributed by atoms with E-state index in [4.69, 9.17) is 9.26 Å². The van der Waals surface area contributed by atoms with Gasteiger partial charge in [0, 0.05) is 12.5 Å². The summed E-state index contributed by atoms with van der Waals surface area (Å²) in [5.41, 5.74) is 1.58. The highest BCUT2D eigenvalue weighted by Gasteiger charge is 2.26. The van der Waals surface area contributed by atoms with Gasteiger partial charge >= 0.3 is 5.97 Å². The van der Waals surface area contributed by atoms with Crippen molar-refractivity contribution in [2.45, 2.75) is 33.6 Å². The molecular formula is C19H21N3O4S. The molecule has 3 aromatic rings. The van der Waals surface area contributed by atoms with E-state index in [-0.39, 0.29) is 18.4 Å². The largest absolute Gasteiger partial charge is 0.452 e. The van der Waals surface area contributed by atoms with E-state index in [0.717, 1.165) is 10.2 Å². The number of anilines is 1. The number of thiazole rings is 1. The van der Waals surface area contributed by atoms with Crippen molar-refractivity contribution in [2.75, 3.05) is 18.1 Å². The topological polar surface area (TPSA) is 85.5 Å². The van der Waals surface area contributed by atoms with Crippen LogP contribution in [-0.4, -0.2) is 35.2 Å². The minimum atomic E-state index is -0.605. The number of benzene rings is 1. The van der Waals surface area contributed by atoms with Crippen LogP contribution in [0.1, 0.15) is 48.5 Å². The SMILES string of the molecule is CCN(C(=O)COC(=O)c1c(C)noc1C(C)C)c1nc2ccccc2s1. The molecule has 0 fully saturated rings. The molecule has 0 unspecified atom stereocenters. The highest BCUT2D eigenvalue weighted by atomic mass is 32.1. The van der Waals surface area contributed by atoms with Gasteiger partial charge in [0.25, 0.3) is 5.91 Å². The van der Waals surface area contributed by atoms with Crippen LogP contribution in [0.5, 0.6) is 0 Å². The zero-order valence-corrected chi connectivity index (χ0v) is 16.5. The van der Waals surface area contributed by atoms with E-state index >= 15 is 0 Å². The van der Waals surface area contributed by atoms with Crippen LogP contribution in [0.25, 0.3) is 10.2 Å². The lowest BCUT2D eigenvalue weighted by molar-refractivity contribution is -0.121. The number of hydrogen-bond donors (Lipinski definition) is 0. The second kappa shape index (κ2) is 7.87. The monoisotopic (exact) mass is 387 g/mol. The number of amides is 1. The number of aryl methyl sites for hydroxylation is 1. The summed E-state index contributed by atoms with van der Waals surface area (Å²) in [6, 6.07) is 7.68. The van der Waals surface area contributed by atoms with Crippen molar-refractivity contribution in [3.8, 4) is 0 Å². The second-order valence-corrected chi connectivity index (χ2v) is 7.35. The van der Waals surface area contributed by atoms with Crippen LogP contribution < -0.4 is 4.90 Å². The minimum Gasteiger partial charge on any atom is -0.452 e. The lowest BCUT2D eigenvalue weighted by Gasteiger charge is -2.17. The number of ether oxygens (including phenoxy) is 1. The maximum Gasteiger partial charge on any atom is 0.344 e. The van der Waals surface area contributed by atoms with Gasteiger partial charge < -0.3 is 9.26 Å². The Kier molecular flexibility index (Phi) is 5.55. The fourth-order valence-electron chi connectivity index (χ4n) is 2.70. The first-order chi connectivity index (χ1) is 12.9. The van der Waals surface area contributed by atoms with Crippen molar-refractivity contribution in [3.63, 3.8) is 0 Å². The Hall–Kier alpha value is -2.74. The molecule has 0 radical (unpaired) electrons. The molecule has 0 bridgehead atoms. The standard InChI is InChI=1S/C19H21N3O4S/c1-5-22(19-20-13-8-6-7-9-14(13)27-19)15(23)10-25-18(24)16-12(4)21-26-17(16)11(2)3/h6-9,11H,5,10H2,1-4H3. The van der Waals surface area contributed by atoms with Crippen LogP contribution in [0.15, 0.2) is 28.8 Å². The summed E-state index contributed by atoms with van der Waals surface area (Å²) in [5.74, 6) is -0.487. The van der Waals surface area contributed by atoms with Gasteiger partial charge in [-0.15, -0.1) is 0 Å². The van der Waals surface area contributed by atoms with Gasteiger partial charge in [-0.25, -0.2) is 9.78 Å². The lowest BCUT2D eigenvalue weighted by Crippen LogP contribution is -2.34. The van der Waals surface area contributed by atoms with E-state index < -0.39 is 5.97 Å². The first-order valence-electron chi connectivity index (χ1n) is 8.71. The molecule has 0 spiro atoms. The lowest BCUT2D eigenvalue weighted by atomic mass is 10.1. The molecule has 1 aromatic carbocycles. The van der Waals surface area contributed by atoms with Gasteiger partial charge in [0.15, 0.2) is 17.5 Å². The second-order valence-electron chi connectivity index (χ2n) is 6.34. The number of hydrogen-bond acceptors (Lipinski definition) is 7. The third-order valence-electron chi connectivity index (χ3n) is 4.08. The molecule has 0 saturated carbocycles. The van der Waals surface area contributed by atoms with E-state index in [1.54, 1.807) is 6.92 Å². The average molecular weight is 387 g/mol. The molecular weight excluding hydrogens is 366 g/mol. The summed E-state index contributed by atoms with van der Waals surface area (Å²) in [6.45, 7) is 7.38. The number of fused-ring (bicyclic) bond motifs is 1. The van der Waals surface area contributed by atoms with E-state index in [2.05, 4.69) is 10.1 Å². The number of nitrogens with zero attached hydrogens (tertiary/aromatic N) is 3. The smallest absolute Gasteiger partial charge is 0.344 e. The Morgan fingerprint density at radius 2 is 2.04 bits per heavy atom. The number of likely N-dealkylation sites (N-methyl/N-ethyl adjacent to an activating group) is 1. The van der Waals surface area contributed by atoms with E-state index in [0.29, 0.717) is 28.7 Å². The first-order valence-corrected chi connectivity index (χ1v) is 9.53. The van der Waals surface area contributed by atoms with Crippen LogP contribution in [0.2, 0.25) is 0 Å². The molecule has 3 rings (SSSR count). The summed E-state index contributed by atoms with van der Waals surface area (Å²) < 4.78 is 11.4. The molecule has 1 amide bonds. The molecule has 0 aliphatic carbocycles. The molecule has 8 heteroatoms. The molecule has 7 nitrogen and oxygen atoms in total. The van der Waals surface area contributed by atoms with E-state index in [1.165, 1.54) is 16.2 Å². The molecule has 0 atom stereocenters. The number of carbonyl (C=O) groups excluding carboxylic acids is 2. The van der Waals surface area contributed by atoms with E-state index in [9.17, 15) is 9.59 Å². The number of rotatable bonds is 6. The summed E-state index contributed by atoms with van der Waals surface area (Å²) in [6.07, 6.45) is 0. The zero-order chi connectivity index (χ0) is 19.6. The van der Waals surface area contributed by atoms with Gasteiger partial charge in [0.2, 0.25) is 0 Å². The third-order valence-corrected chi connectivity index (χ3v) is 5.13. The molecule has 27 heavy (non-hydrogen) atoms. The zero-order valence-electron chi connectivity index (χ0n) is 15.7. The number of aromatic nitrogens is 2. The van der Waals surface area contributed by atoms with Crippen molar-refractivity contribution in [3.05, 3.63) is 41.3 Å². The minimum absolute atomic E-state index is 0.0145. The molecule has 142 valence electrons. The predicted molar refractivity (Wildman–Crippen MR) is 103 cm³/mol. The predicted octanol–water partition coefficient (Wildman–Crippen LogP) is 3.93. The molecule has 0 N–H and O–H groups in total. The molecule has 0 aliphatic heterocycles.